The summed E-state index contributed by atoms with van der Waals surface area (Å²) in [7, 11) is -4.38. The first-order chi connectivity index (χ1) is 12.2. The zero-order valence-corrected chi connectivity index (χ0v) is 15.1. The molecule has 10 heteroatoms. The number of carbonyl (C=O) groups excluding carboxylic acids is 3. The zero-order valence-electron chi connectivity index (χ0n) is 14.3. The number of hydrogen-bond acceptors (Lipinski definition) is 7. The van der Waals surface area contributed by atoms with E-state index >= 15 is 0 Å². The number of aromatic nitrogens is 1. The van der Waals surface area contributed by atoms with Crippen molar-refractivity contribution in [2.75, 3.05) is 13.1 Å². The Morgan fingerprint density at radius 1 is 1.42 bits per heavy atom. The number of Topliss-reactive ketones (excluding diaryl/α,β-unsaturated/α-hetero) is 1. The maximum atomic E-state index is 13.0. The lowest BCUT2D eigenvalue weighted by Crippen LogP contribution is -2.50. The predicted octanol–water partition coefficient (Wildman–Crippen LogP) is -0.754. The molecule has 2 rings (SSSR count). The number of amides is 2. The van der Waals surface area contributed by atoms with Gasteiger partial charge in [0.25, 0.3) is 10.0 Å². The van der Waals surface area contributed by atoms with E-state index < -0.39 is 39.6 Å². The second-order valence-electron chi connectivity index (χ2n) is 5.97. The highest BCUT2D eigenvalue weighted by Crippen LogP contribution is 2.22. The molecule has 1 fully saturated rings. The SMILES string of the molecule is CC([CH]C(=O)N([C@H]1CCCNCC1=O)S(=O)(=O)c1ccccn1)C(N)=O. The molecule has 1 aliphatic heterocycles. The predicted molar refractivity (Wildman–Crippen MR) is 91.8 cm³/mol. The quantitative estimate of drug-likeness (QED) is 0.660. The molecule has 1 aromatic heterocycles. The summed E-state index contributed by atoms with van der Waals surface area (Å²) >= 11 is 0. The van der Waals surface area contributed by atoms with Crippen LogP contribution >= 0.6 is 0 Å². The van der Waals surface area contributed by atoms with Gasteiger partial charge in [-0.1, -0.05) is 13.0 Å². The Labute approximate surface area is 152 Å². The molecular weight excluding hydrogens is 360 g/mol. The first-order valence-corrected chi connectivity index (χ1v) is 9.56. The lowest BCUT2D eigenvalue weighted by atomic mass is 10.0. The van der Waals surface area contributed by atoms with Crippen molar-refractivity contribution in [1.29, 1.82) is 0 Å². The number of primary amides is 1. The fourth-order valence-corrected chi connectivity index (χ4v) is 4.07. The summed E-state index contributed by atoms with van der Waals surface area (Å²) in [5.41, 5.74) is 5.16. The normalized spacial score (nSPS) is 19.4. The van der Waals surface area contributed by atoms with Crippen LogP contribution in [-0.2, 0) is 24.4 Å². The summed E-state index contributed by atoms with van der Waals surface area (Å²) in [6.07, 6.45) is 2.89. The van der Waals surface area contributed by atoms with Crippen LogP contribution in [0.15, 0.2) is 29.4 Å². The molecule has 26 heavy (non-hydrogen) atoms. The molecule has 0 bridgehead atoms. The van der Waals surface area contributed by atoms with Gasteiger partial charge in [-0.05, 0) is 31.5 Å². The third-order valence-corrected chi connectivity index (χ3v) is 5.73. The molecular formula is C16H21N4O5S. The Hall–Kier alpha value is -2.33. The molecule has 2 heterocycles. The second kappa shape index (κ2) is 8.37. The number of sulfonamides is 1. The minimum Gasteiger partial charge on any atom is -0.369 e. The molecule has 9 nitrogen and oxygen atoms in total. The van der Waals surface area contributed by atoms with Crippen molar-refractivity contribution in [3.05, 3.63) is 30.8 Å². The fourth-order valence-electron chi connectivity index (χ4n) is 2.57. The molecule has 2 amide bonds. The Morgan fingerprint density at radius 3 is 2.77 bits per heavy atom. The number of nitrogens with one attached hydrogen (secondary N) is 1. The van der Waals surface area contributed by atoms with Gasteiger partial charge < -0.3 is 11.1 Å². The van der Waals surface area contributed by atoms with Gasteiger partial charge in [-0.2, -0.15) is 8.42 Å². The van der Waals surface area contributed by atoms with Gasteiger partial charge in [0.2, 0.25) is 11.8 Å². The molecule has 0 aromatic carbocycles. The fraction of sp³-hybridized carbons (Fsp3) is 0.438. The maximum Gasteiger partial charge on any atom is 0.284 e. The summed E-state index contributed by atoms with van der Waals surface area (Å²) in [4.78, 5) is 40.2. The molecule has 3 N–H and O–H groups in total. The van der Waals surface area contributed by atoms with E-state index in [4.69, 9.17) is 5.73 Å². The molecule has 141 valence electrons. The van der Waals surface area contributed by atoms with Gasteiger partial charge in [0.1, 0.15) is 6.04 Å². The third-order valence-electron chi connectivity index (χ3n) is 4.00. The first kappa shape index (κ1) is 20.0. The Kier molecular flexibility index (Phi) is 6.43. The van der Waals surface area contributed by atoms with Crippen molar-refractivity contribution < 1.29 is 22.8 Å². The van der Waals surface area contributed by atoms with E-state index in [2.05, 4.69) is 10.3 Å². The van der Waals surface area contributed by atoms with Gasteiger partial charge in [0.15, 0.2) is 10.8 Å². The van der Waals surface area contributed by atoms with Gasteiger partial charge in [-0.15, -0.1) is 0 Å². The van der Waals surface area contributed by atoms with Crippen molar-refractivity contribution in [1.82, 2.24) is 14.6 Å². The van der Waals surface area contributed by atoms with Gasteiger partial charge in [0.05, 0.1) is 13.0 Å². The van der Waals surface area contributed by atoms with E-state index in [1.165, 1.54) is 31.3 Å². The van der Waals surface area contributed by atoms with Crippen LogP contribution < -0.4 is 11.1 Å². The van der Waals surface area contributed by atoms with Crippen molar-refractivity contribution in [2.24, 2.45) is 11.7 Å². The molecule has 1 aliphatic rings. The molecule has 0 saturated carbocycles. The largest absolute Gasteiger partial charge is 0.369 e. The van der Waals surface area contributed by atoms with Crippen LogP contribution in [0.2, 0.25) is 0 Å². The highest BCUT2D eigenvalue weighted by molar-refractivity contribution is 7.89. The summed E-state index contributed by atoms with van der Waals surface area (Å²) in [6, 6.07) is 3.08. The van der Waals surface area contributed by atoms with Crippen molar-refractivity contribution in [3.63, 3.8) is 0 Å². The van der Waals surface area contributed by atoms with Gasteiger partial charge in [-0.3, -0.25) is 14.4 Å². The first-order valence-electron chi connectivity index (χ1n) is 8.12. The summed E-state index contributed by atoms with van der Waals surface area (Å²) in [6.45, 7) is 1.87. The Morgan fingerprint density at radius 2 is 2.15 bits per heavy atom. The summed E-state index contributed by atoms with van der Waals surface area (Å²) < 4.78 is 26.6. The minimum atomic E-state index is -4.38. The van der Waals surface area contributed by atoms with E-state index in [9.17, 15) is 22.8 Å². The number of rotatable bonds is 6. The molecule has 0 spiro atoms. The van der Waals surface area contributed by atoms with Crippen molar-refractivity contribution >= 4 is 27.6 Å². The van der Waals surface area contributed by atoms with Gasteiger partial charge >= 0.3 is 0 Å². The maximum absolute atomic E-state index is 13.0. The van der Waals surface area contributed by atoms with E-state index in [-0.39, 0.29) is 18.0 Å². The van der Waals surface area contributed by atoms with Crippen molar-refractivity contribution in [2.45, 2.75) is 30.8 Å². The average Bonchev–Trinajstić information content (AvgIpc) is 2.80. The van der Waals surface area contributed by atoms with E-state index in [1.54, 1.807) is 0 Å². The minimum absolute atomic E-state index is 0.0441. The highest BCUT2D eigenvalue weighted by atomic mass is 32.2. The monoisotopic (exact) mass is 381 g/mol. The van der Waals surface area contributed by atoms with E-state index in [0.29, 0.717) is 17.3 Å². The smallest absolute Gasteiger partial charge is 0.284 e. The topological polar surface area (TPSA) is 140 Å². The number of pyridine rings is 1. The highest BCUT2D eigenvalue weighted by Gasteiger charge is 2.40. The van der Waals surface area contributed by atoms with Crippen molar-refractivity contribution in [3.8, 4) is 0 Å². The summed E-state index contributed by atoms with van der Waals surface area (Å²) in [5.74, 6) is -3.15. The number of nitrogens with two attached hydrogens (primary N) is 1. The molecule has 1 aromatic rings. The Balaban J connectivity index is 2.45. The molecule has 0 aliphatic carbocycles. The molecule has 1 radical (unpaired) electrons. The molecule has 2 atom stereocenters. The number of ketones is 1. The van der Waals surface area contributed by atoms with Crippen LogP contribution in [0.1, 0.15) is 19.8 Å². The standard InChI is InChI=1S/C16H21N4O5S/c1-11(16(17)23)9-15(22)20(12-5-4-7-18-10-13(12)21)26(24,25)14-6-2-3-8-19-14/h2-3,6,8-9,11-12,18H,4-5,7,10H2,1H3,(H2,17,23)/t11?,12-/m0/s1. The number of hydrogen-bond donors (Lipinski definition) is 2. The lowest BCUT2D eigenvalue weighted by molar-refractivity contribution is -0.132. The average molecular weight is 381 g/mol. The van der Waals surface area contributed by atoms with Gasteiger partial charge in [0, 0.05) is 12.1 Å². The van der Waals surface area contributed by atoms with Crippen LogP contribution in [-0.4, -0.2) is 54.4 Å². The van der Waals surface area contributed by atoms with Crippen LogP contribution in [0.4, 0.5) is 0 Å². The van der Waals surface area contributed by atoms with E-state index in [1.807, 2.05) is 0 Å². The van der Waals surface area contributed by atoms with Gasteiger partial charge in [-0.25, -0.2) is 9.29 Å². The van der Waals surface area contributed by atoms with Crippen LogP contribution in [0.25, 0.3) is 0 Å². The number of nitrogens with zero attached hydrogens (tertiary/aromatic N) is 2. The van der Waals surface area contributed by atoms with Crippen LogP contribution in [0, 0.1) is 12.3 Å². The Bertz CT molecular complexity index is 781. The number of carbonyl (C=O) groups is 3. The zero-order chi connectivity index (χ0) is 19.3. The van der Waals surface area contributed by atoms with E-state index in [0.717, 1.165) is 6.42 Å². The second-order valence-corrected chi connectivity index (χ2v) is 7.73. The lowest BCUT2D eigenvalue weighted by Gasteiger charge is -2.29. The third kappa shape index (κ3) is 4.44. The molecule has 1 saturated heterocycles. The van der Waals surface area contributed by atoms with Crippen LogP contribution in [0.3, 0.4) is 0 Å². The van der Waals surface area contributed by atoms with Crippen LogP contribution in [0.5, 0.6) is 0 Å². The molecule has 1 unspecified atom stereocenters. The summed E-state index contributed by atoms with van der Waals surface area (Å²) in [5, 5.41) is 2.54.